The predicted molar refractivity (Wildman–Crippen MR) is 197 cm³/mol. The Kier molecular flexibility index (Phi) is 12.0. The van der Waals surface area contributed by atoms with Gasteiger partial charge < -0.3 is 30.3 Å². The lowest BCUT2D eigenvalue weighted by atomic mass is 9.94. The molecule has 4 aromatic carbocycles. The van der Waals surface area contributed by atoms with Gasteiger partial charge in [-0.25, -0.2) is 0 Å². The van der Waals surface area contributed by atoms with E-state index in [4.69, 9.17) is 9.73 Å². The van der Waals surface area contributed by atoms with Gasteiger partial charge in [0.2, 0.25) is 0 Å². The number of phenols is 1. The van der Waals surface area contributed by atoms with Crippen LogP contribution in [0, 0.1) is 0 Å². The molecule has 8 heteroatoms. The number of amides is 1. The molecule has 1 aliphatic rings. The highest BCUT2D eigenvalue weighted by Gasteiger charge is 2.32. The maximum Gasteiger partial charge on any atom is 0.255 e. The molecule has 1 heterocycles. The van der Waals surface area contributed by atoms with Crippen molar-refractivity contribution in [2.75, 3.05) is 49.1 Å². The Balaban J connectivity index is 1.33. The second-order valence-electron chi connectivity index (χ2n) is 11.9. The van der Waals surface area contributed by atoms with Crippen molar-refractivity contribution in [3.63, 3.8) is 0 Å². The number of phenolic OH excluding ortho intramolecular Hbond substituents is 1. The minimum atomic E-state index is -0.316. The van der Waals surface area contributed by atoms with Gasteiger partial charge in [0.05, 0.1) is 18.2 Å². The second kappa shape index (κ2) is 16.7. The molecule has 2 unspecified atom stereocenters. The Morgan fingerprint density at radius 2 is 1.40 bits per heavy atom. The largest absolute Gasteiger partial charge is 0.507 e. The molecule has 3 N–H and O–H groups in total. The number of carbonyl (C=O) groups is 1. The second-order valence-corrected chi connectivity index (χ2v) is 11.9. The van der Waals surface area contributed by atoms with Crippen molar-refractivity contribution in [2.24, 2.45) is 4.99 Å². The van der Waals surface area contributed by atoms with Crippen LogP contribution in [0.15, 0.2) is 102 Å². The number of anilines is 2. The van der Waals surface area contributed by atoms with Crippen LogP contribution in [0.25, 0.3) is 0 Å². The van der Waals surface area contributed by atoms with Gasteiger partial charge in [-0.05, 0) is 106 Å². The molecule has 2 atom stereocenters. The van der Waals surface area contributed by atoms with Gasteiger partial charge in [0.15, 0.2) is 0 Å². The van der Waals surface area contributed by atoms with Gasteiger partial charge >= 0.3 is 0 Å². The summed E-state index contributed by atoms with van der Waals surface area (Å²) in [5.74, 6) is 1.15. The minimum absolute atomic E-state index is 0.0608. The third kappa shape index (κ3) is 8.29. The number of rotatable bonds is 16. The number of hydrogen-bond acceptors (Lipinski definition) is 7. The smallest absolute Gasteiger partial charge is 0.255 e. The van der Waals surface area contributed by atoms with Gasteiger partial charge in [0, 0.05) is 49.7 Å². The average Bonchev–Trinajstić information content (AvgIpc) is 3.57. The zero-order valence-electron chi connectivity index (χ0n) is 28.7. The number of hydrogen-bond donors (Lipinski definition) is 3. The first-order valence-corrected chi connectivity index (χ1v) is 17.3. The van der Waals surface area contributed by atoms with Gasteiger partial charge in [0.25, 0.3) is 5.91 Å². The van der Waals surface area contributed by atoms with Crippen molar-refractivity contribution in [1.29, 1.82) is 0 Å². The molecule has 1 amide bonds. The Bertz CT molecular complexity index is 1630. The lowest BCUT2D eigenvalue weighted by Crippen LogP contribution is -2.27. The molecular formula is C40H49N5O3. The first kappa shape index (κ1) is 34.4. The molecule has 8 nitrogen and oxygen atoms in total. The van der Waals surface area contributed by atoms with Crippen molar-refractivity contribution in [2.45, 2.75) is 52.6 Å². The SMILES string of the molecule is CCN(CC)c1ccc(C2N=C(c3ccc(O)c(C(=O)NCCCCOc4ccccc4)c3)NC2c2ccc(N(CC)CC)cc2)cc1. The molecule has 0 aromatic heterocycles. The van der Waals surface area contributed by atoms with Crippen LogP contribution in [0.2, 0.25) is 0 Å². The fourth-order valence-corrected chi connectivity index (χ4v) is 6.22. The average molecular weight is 648 g/mol. The summed E-state index contributed by atoms with van der Waals surface area (Å²) in [6.07, 6.45) is 1.56. The van der Waals surface area contributed by atoms with Crippen molar-refractivity contribution in [1.82, 2.24) is 10.6 Å². The molecule has 4 aromatic rings. The molecule has 0 aliphatic carbocycles. The highest BCUT2D eigenvalue weighted by molar-refractivity contribution is 6.04. The number of ether oxygens (including phenoxy) is 1. The Hall–Kier alpha value is -4.98. The van der Waals surface area contributed by atoms with Crippen molar-refractivity contribution < 1.29 is 14.6 Å². The Morgan fingerprint density at radius 1 is 0.792 bits per heavy atom. The topological polar surface area (TPSA) is 89.4 Å². The molecule has 48 heavy (non-hydrogen) atoms. The van der Waals surface area contributed by atoms with E-state index < -0.39 is 0 Å². The third-order valence-electron chi connectivity index (χ3n) is 9.00. The monoisotopic (exact) mass is 647 g/mol. The Labute approximate surface area is 285 Å². The summed E-state index contributed by atoms with van der Waals surface area (Å²) in [5, 5.41) is 17.3. The first-order valence-electron chi connectivity index (χ1n) is 17.3. The fraction of sp³-hybridized carbons (Fsp3) is 0.350. The summed E-state index contributed by atoms with van der Waals surface area (Å²) in [7, 11) is 0. The van der Waals surface area contributed by atoms with Crippen LogP contribution in [0.3, 0.4) is 0 Å². The van der Waals surface area contributed by atoms with E-state index in [1.165, 1.54) is 11.4 Å². The van der Waals surface area contributed by atoms with E-state index in [0.717, 1.165) is 61.5 Å². The highest BCUT2D eigenvalue weighted by atomic mass is 16.5. The van der Waals surface area contributed by atoms with Gasteiger partial charge in [-0.3, -0.25) is 9.79 Å². The highest BCUT2D eigenvalue weighted by Crippen LogP contribution is 2.38. The summed E-state index contributed by atoms with van der Waals surface area (Å²) in [4.78, 5) is 23.0. The zero-order valence-corrected chi connectivity index (χ0v) is 28.7. The molecule has 0 spiro atoms. The number of aromatic hydroxyl groups is 1. The maximum absolute atomic E-state index is 13.2. The van der Waals surface area contributed by atoms with Crippen LogP contribution >= 0.6 is 0 Å². The van der Waals surface area contributed by atoms with Crippen molar-refractivity contribution in [3.05, 3.63) is 119 Å². The lowest BCUT2D eigenvalue weighted by molar-refractivity contribution is 0.0949. The first-order chi connectivity index (χ1) is 23.4. The van der Waals surface area contributed by atoms with E-state index in [9.17, 15) is 9.90 Å². The lowest BCUT2D eigenvalue weighted by Gasteiger charge is -2.24. The van der Waals surface area contributed by atoms with Crippen LogP contribution < -0.4 is 25.2 Å². The fourth-order valence-electron chi connectivity index (χ4n) is 6.22. The molecule has 0 bridgehead atoms. The number of nitrogens with zero attached hydrogens (tertiary/aromatic N) is 3. The van der Waals surface area contributed by atoms with Gasteiger partial charge in [-0.2, -0.15) is 0 Å². The van der Waals surface area contributed by atoms with Gasteiger partial charge in [-0.1, -0.05) is 42.5 Å². The Morgan fingerprint density at radius 3 is 2.00 bits per heavy atom. The zero-order chi connectivity index (χ0) is 33.9. The van der Waals surface area contributed by atoms with Crippen LogP contribution in [0.5, 0.6) is 11.5 Å². The van der Waals surface area contributed by atoms with Crippen LogP contribution in [0.1, 0.15) is 79.7 Å². The van der Waals surface area contributed by atoms with Crippen molar-refractivity contribution >= 4 is 23.1 Å². The normalized spacial score (nSPS) is 15.4. The quantitative estimate of drug-likeness (QED) is 0.109. The molecule has 0 fully saturated rings. The standard InChI is InChI=1S/C40H49N5O3/c1-5-44(6-2)32-21-16-29(17-22-32)37-38(30-18-23-33(24-19-30)45(7-3)8-4)43-39(42-37)31-20-25-36(46)35(28-31)40(47)41-26-12-13-27-48-34-14-10-9-11-15-34/h9-11,14-25,28,37-38,46H,5-8,12-13,26-27H2,1-4H3,(H,41,47)(H,42,43). The summed E-state index contributed by atoms with van der Waals surface area (Å²) in [6, 6.07) is 31.9. The van der Waals surface area contributed by atoms with E-state index >= 15 is 0 Å². The number of para-hydroxylation sites is 1. The molecule has 1 aliphatic heterocycles. The number of carbonyl (C=O) groups excluding carboxylic acids is 1. The van der Waals surface area contributed by atoms with E-state index in [1.807, 2.05) is 36.4 Å². The van der Waals surface area contributed by atoms with E-state index in [2.05, 4.69) is 96.7 Å². The third-order valence-corrected chi connectivity index (χ3v) is 9.00. The molecule has 0 saturated heterocycles. The molecular weight excluding hydrogens is 598 g/mol. The summed E-state index contributed by atoms with van der Waals surface area (Å²) in [6.45, 7) is 13.5. The van der Waals surface area contributed by atoms with Gasteiger partial charge in [0.1, 0.15) is 23.4 Å². The van der Waals surface area contributed by atoms with E-state index in [-0.39, 0.29) is 29.3 Å². The molecule has 0 radical (unpaired) electrons. The summed E-state index contributed by atoms with van der Waals surface area (Å²) < 4.78 is 5.75. The van der Waals surface area contributed by atoms with Crippen LogP contribution in [-0.4, -0.2) is 56.2 Å². The van der Waals surface area contributed by atoms with E-state index in [0.29, 0.717) is 19.0 Å². The number of unbranched alkanes of at least 4 members (excludes halogenated alkanes) is 1. The molecule has 5 rings (SSSR count). The van der Waals surface area contributed by atoms with Crippen LogP contribution in [-0.2, 0) is 0 Å². The van der Waals surface area contributed by atoms with Crippen molar-refractivity contribution in [3.8, 4) is 11.5 Å². The molecule has 0 saturated carbocycles. The van der Waals surface area contributed by atoms with Gasteiger partial charge in [-0.15, -0.1) is 0 Å². The maximum atomic E-state index is 13.2. The number of benzene rings is 4. The number of aliphatic imine (C=N–C) groups is 1. The number of amidine groups is 1. The van der Waals surface area contributed by atoms with E-state index in [1.54, 1.807) is 12.1 Å². The molecule has 252 valence electrons. The predicted octanol–water partition coefficient (Wildman–Crippen LogP) is 7.51. The number of nitrogens with one attached hydrogen (secondary N) is 2. The summed E-state index contributed by atoms with van der Waals surface area (Å²) >= 11 is 0. The summed E-state index contributed by atoms with van der Waals surface area (Å²) in [5.41, 5.74) is 5.61. The minimum Gasteiger partial charge on any atom is -0.507 e. The van der Waals surface area contributed by atoms with Crippen LogP contribution in [0.4, 0.5) is 11.4 Å².